The van der Waals surface area contributed by atoms with E-state index in [0.717, 1.165) is 37.1 Å². The van der Waals surface area contributed by atoms with Gasteiger partial charge in [0.05, 0.1) is 11.2 Å². The Hall–Kier alpha value is -1.39. The van der Waals surface area contributed by atoms with Crippen LogP contribution in [0.3, 0.4) is 0 Å². The first-order valence-corrected chi connectivity index (χ1v) is 7.38. The van der Waals surface area contributed by atoms with Crippen LogP contribution in [-0.4, -0.2) is 28.0 Å². The van der Waals surface area contributed by atoms with Gasteiger partial charge in [0.2, 0.25) is 0 Å². The summed E-state index contributed by atoms with van der Waals surface area (Å²) in [4.78, 5) is 0. The molecule has 0 amide bonds. The number of aliphatic hydroxyl groups is 1. The lowest BCUT2D eigenvalue weighted by atomic mass is 9.83. The molecule has 0 unspecified atom stereocenters. The molecule has 2 N–H and O–H groups in total. The lowest BCUT2D eigenvalue weighted by Crippen LogP contribution is -2.36. The second kappa shape index (κ2) is 6.37. The Labute approximate surface area is 120 Å². The van der Waals surface area contributed by atoms with Crippen molar-refractivity contribution in [2.75, 3.05) is 13.2 Å². The topological polar surface area (TPSA) is 50.1 Å². The van der Waals surface area contributed by atoms with Crippen LogP contribution in [0.5, 0.6) is 0 Å². The Kier molecular flexibility index (Phi) is 4.78. The van der Waals surface area contributed by atoms with Crippen LogP contribution in [0.4, 0.5) is 0 Å². The highest BCUT2D eigenvalue weighted by molar-refractivity contribution is 5.81. The molecule has 110 valence electrons. The molecule has 2 rings (SSSR count). The fourth-order valence-corrected chi connectivity index (χ4v) is 2.64. The average molecular weight is 275 g/mol. The molecule has 0 aliphatic carbocycles. The van der Waals surface area contributed by atoms with Crippen molar-refractivity contribution in [2.45, 2.75) is 33.2 Å². The van der Waals surface area contributed by atoms with E-state index in [1.165, 1.54) is 5.39 Å². The van der Waals surface area contributed by atoms with E-state index < -0.39 is 0 Å². The number of aliphatic hydroxyl groups excluding tert-OH is 1. The van der Waals surface area contributed by atoms with Gasteiger partial charge < -0.3 is 10.4 Å². The summed E-state index contributed by atoms with van der Waals surface area (Å²) in [5.74, 6) is 0. The molecule has 2 aromatic rings. The molecule has 1 heterocycles. The molecule has 0 bridgehead atoms. The highest BCUT2D eigenvalue weighted by Gasteiger charge is 2.24. The monoisotopic (exact) mass is 275 g/mol. The molecule has 0 fully saturated rings. The summed E-state index contributed by atoms with van der Waals surface area (Å²) >= 11 is 0. The number of hydrogen-bond donors (Lipinski definition) is 2. The summed E-state index contributed by atoms with van der Waals surface area (Å²) < 4.78 is 1.92. The largest absolute Gasteiger partial charge is 0.396 e. The Bertz CT molecular complexity index is 550. The Morgan fingerprint density at radius 2 is 1.95 bits per heavy atom. The Morgan fingerprint density at radius 1 is 1.25 bits per heavy atom. The highest BCUT2D eigenvalue weighted by atomic mass is 16.3. The summed E-state index contributed by atoms with van der Waals surface area (Å²) in [6.45, 7) is 6.07. The van der Waals surface area contributed by atoms with Crippen LogP contribution in [0, 0.1) is 5.41 Å². The predicted octanol–water partition coefficient (Wildman–Crippen LogP) is 2.46. The van der Waals surface area contributed by atoms with E-state index >= 15 is 0 Å². The van der Waals surface area contributed by atoms with Crippen molar-refractivity contribution in [3.05, 3.63) is 30.0 Å². The van der Waals surface area contributed by atoms with E-state index in [0.29, 0.717) is 0 Å². The van der Waals surface area contributed by atoms with Gasteiger partial charge in [-0.15, -0.1) is 0 Å². The van der Waals surface area contributed by atoms with E-state index in [4.69, 9.17) is 0 Å². The molecular weight excluding hydrogens is 250 g/mol. The van der Waals surface area contributed by atoms with Crippen LogP contribution < -0.4 is 5.32 Å². The number of para-hydroxylation sites is 1. The van der Waals surface area contributed by atoms with Crippen LogP contribution in [0.15, 0.2) is 24.3 Å². The lowest BCUT2D eigenvalue weighted by molar-refractivity contribution is 0.113. The highest BCUT2D eigenvalue weighted by Crippen LogP contribution is 2.25. The molecule has 1 aromatic carbocycles. The fraction of sp³-hybridized carbons (Fsp3) is 0.562. The molecule has 0 saturated heterocycles. The quantitative estimate of drug-likeness (QED) is 0.816. The Balaban J connectivity index is 2.06. The molecule has 20 heavy (non-hydrogen) atoms. The molecule has 0 aliphatic rings. The molecule has 1 aromatic heterocycles. The van der Waals surface area contributed by atoms with Crippen molar-refractivity contribution >= 4 is 10.9 Å². The third-order valence-corrected chi connectivity index (χ3v) is 4.46. The molecule has 0 saturated carbocycles. The number of nitrogens with zero attached hydrogens (tertiary/aromatic N) is 2. The minimum absolute atomic E-state index is 0.00934. The zero-order valence-corrected chi connectivity index (χ0v) is 12.7. The number of rotatable bonds is 7. The second-order valence-electron chi connectivity index (χ2n) is 5.56. The maximum atomic E-state index is 9.59. The zero-order chi connectivity index (χ0) is 14.6. The standard InChI is InChI=1S/C16H25N3O/c1-4-16(5-2,12-20)11-17-10-14-13-8-6-7-9-15(13)19(3)18-14/h6-9,17,20H,4-5,10-12H2,1-3H3. The van der Waals surface area contributed by atoms with Crippen molar-refractivity contribution in [3.63, 3.8) is 0 Å². The van der Waals surface area contributed by atoms with Crippen molar-refractivity contribution in [1.82, 2.24) is 15.1 Å². The van der Waals surface area contributed by atoms with Gasteiger partial charge in [-0.25, -0.2) is 0 Å². The zero-order valence-electron chi connectivity index (χ0n) is 12.7. The maximum Gasteiger partial charge on any atom is 0.0841 e. The van der Waals surface area contributed by atoms with Crippen molar-refractivity contribution in [1.29, 1.82) is 0 Å². The third kappa shape index (κ3) is 2.86. The molecule has 0 spiro atoms. The van der Waals surface area contributed by atoms with Crippen molar-refractivity contribution in [2.24, 2.45) is 12.5 Å². The fourth-order valence-electron chi connectivity index (χ4n) is 2.64. The third-order valence-electron chi connectivity index (χ3n) is 4.46. The van der Waals surface area contributed by atoms with Gasteiger partial charge in [0.1, 0.15) is 0 Å². The van der Waals surface area contributed by atoms with Gasteiger partial charge in [-0.05, 0) is 18.9 Å². The minimum atomic E-state index is -0.00934. The van der Waals surface area contributed by atoms with Crippen LogP contribution >= 0.6 is 0 Å². The first kappa shape index (κ1) is 15.0. The smallest absolute Gasteiger partial charge is 0.0841 e. The molecule has 0 atom stereocenters. The summed E-state index contributed by atoms with van der Waals surface area (Å²) in [5, 5.41) is 18.8. The van der Waals surface area contributed by atoms with Crippen molar-refractivity contribution in [3.8, 4) is 0 Å². The number of benzene rings is 1. The summed E-state index contributed by atoms with van der Waals surface area (Å²) in [5.41, 5.74) is 2.22. The number of nitrogens with one attached hydrogen (secondary N) is 1. The summed E-state index contributed by atoms with van der Waals surface area (Å²) in [6.07, 6.45) is 1.96. The summed E-state index contributed by atoms with van der Waals surface area (Å²) in [6, 6.07) is 8.27. The lowest BCUT2D eigenvalue weighted by Gasteiger charge is -2.29. The van der Waals surface area contributed by atoms with E-state index in [2.05, 4.69) is 36.4 Å². The van der Waals surface area contributed by atoms with Gasteiger partial charge in [-0.1, -0.05) is 32.0 Å². The normalized spacial score (nSPS) is 12.2. The SMILES string of the molecule is CCC(CC)(CO)CNCc1nn(C)c2ccccc12. The second-order valence-corrected chi connectivity index (χ2v) is 5.56. The molecule has 0 radical (unpaired) electrons. The molecule has 4 heteroatoms. The van der Waals surface area contributed by atoms with Crippen LogP contribution in [0.25, 0.3) is 10.9 Å². The first-order chi connectivity index (χ1) is 9.65. The van der Waals surface area contributed by atoms with Gasteiger partial charge >= 0.3 is 0 Å². The van der Waals surface area contributed by atoms with Gasteiger partial charge in [0, 0.05) is 37.5 Å². The average Bonchev–Trinajstić information content (AvgIpc) is 2.81. The number of aromatic nitrogens is 2. The van der Waals surface area contributed by atoms with Crippen LogP contribution in [-0.2, 0) is 13.6 Å². The first-order valence-electron chi connectivity index (χ1n) is 7.38. The maximum absolute atomic E-state index is 9.59. The van der Waals surface area contributed by atoms with Crippen LogP contribution in [0.2, 0.25) is 0 Å². The predicted molar refractivity (Wildman–Crippen MR) is 82.5 cm³/mol. The van der Waals surface area contributed by atoms with Gasteiger partial charge in [0.25, 0.3) is 0 Å². The van der Waals surface area contributed by atoms with E-state index in [1.807, 2.05) is 23.9 Å². The van der Waals surface area contributed by atoms with Crippen LogP contribution in [0.1, 0.15) is 32.4 Å². The van der Waals surface area contributed by atoms with Gasteiger partial charge in [-0.3, -0.25) is 4.68 Å². The van der Waals surface area contributed by atoms with E-state index in [-0.39, 0.29) is 12.0 Å². The van der Waals surface area contributed by atoms with E-state index in [1.54, 1.807) is 0 Å². The molecule has 0 aliphatic heterocycles. The van der Waals surface area contributed by atoms with Gasteiger partial charge in [-0.2, -0.15) is 5.10 Å². The molecule has 4 nitrogen and oxygen atoms in total. The number of fused-ring (bicyclic) bond motifs is 1. The van der Waals surface area contributed by atoms with Crippen molar-refractivity contribution < 1.29 is 5.11 Å². The van der Waals surface area contributed by atoms with E-state index in [9.17, 15) is 5.11 Å². The summed E-state index contributed by atoms with van der Waals surface area (Å²) in [7, 11) is 1.97. The van der Waals surface area contributed by atoms with Gasteiger partial charge in [0.15, 0.2) is 0 Å². The number of hydrogen-bond acceptors (Lipinski definition) is 3. The minimum Gasteiger partial charge on any atom is -0.396 e. The Morgan fingerprint density at radius 3 is 2.60 bits per heavy atom. The number of aryl methyl sites for hydroxylation is 1. The molecular formula is C16H25N3O.